The van der Waals surface area contributed by atoms with Crippen LogP contribution in [0.15, 0.2) is 22.7 Å². The summed E-state index contributed by atoms with van der Waals surface area (Å²) in [7, 11) is 0. The third-order valence-electron chi connectivity index (χ3n) is 1.84. The largest absolute Gasteiger partial charge is 0.370 e. The number of primary amides is 1. The monoisotopic (exact) mass is 273 g/mol. The van der Waals surface area contributed by atoms with Crippen molar-refractivity contribution >= 4 is 27.6 Å². The van der Waals surface area contributed by atoms with Crippen molar-refractivity contribution < 1.29 is 14.0 Å². The highest BCUT2D eigenvalue weighted by atomic mass is 79.9. The number of carbonyl (C=O) groups is 2. The van der Waals surface area contributed by atoms with E-state index >= 15 is 0 Å². The Morgan fingerprint density at radius 2 is 2.00 bits per heavy atom. The van der Waals surface area contributed by atoms with Crippen LogP contribution in [-0.2, 0) is 4.79 Å². The zero-order valence-electron chi connectivity index (χ0n) is 7.80. The molecule has 15 heavy (non-hydrogen) atoms. The lowest BCUT2D eigenvalue weighted by atomic mass is 10.1. The number of carbonyl (C=O) groups excluding carboxylic acids is 2. The summed E-state index contributed by atoms with van der Waals surface area (Å²) in [6.45, 7) is 0. The maximum atomic E-state index is 12.8. The highest BCUT2D eigenvalue weighted by Crippen LogP contribution is 2.18. The second kappa shape index (κ2) is 5.02. The van der Waals surface area contributed by atoms with Gasteiger partial charge in [0.1, 0.15) is 5.82 Å². The minimum absolute atomic E-state index is 0.00777. The highest BCUT2D eigenvalue weighted by Gasteiger charge is 2.09. The lowest BCUT2D eigenvalue weighted by Gasteiger charge is -2.00. The number of benzene rings is 1. The Labute approximate surface area is 94.6 Å². The molecule has 1 aromatic rings. The molecule has 0 radical (unpaired) electrons. The molecular weight excluding hydrogens is 265 g/mol. The third kappa shape index (κ3) is 3.43. The number of halogens is 2. The molecule has 0 saturated carbocycles. The summed E-state index contributed by atoms with van der Waals surface area (Å²) in [4.78, 5) is 21.9. The summed E-state index contributed by atoms with van der Waals surface area (Å²) >= 11 is 2.98. The van der Waals surface area contributed by atoms with Gasteiger partial charge in [-0.05, 0) is 34.1 Å². The van der Waals surface area contributed by atoms with Crippen LogP contribution >= 0.6 is 15.9 Å². The van der Waals surface area contributed by atoms with Crippen molar-refractivity contribution in [1.82, 2.24) is 0 Å². The number of hydrogen-bond donors (Lipinski definition) is 1. The van der Waals surface area contributed by atoms with Crippen molar-refractivity contribution in [2.24, 2.45) is 5.73 Å². The van der Waals surface area contributed by atoms with Gasteiger partial charge in [0.05, 0.1) is 4.47 Å². The SMILES string of the molecule is NC(=O)CCC(=O)c1ccc(F)c(Br)c1. The number of hydrogen-bond acceptors (Lipinski definition) is 2. The number of rotatable bonds is 4. The predicted molar refractivity (Wildman–Crippen MR) is 56.9 cm³/mol. The summed E-state index contributed by atoms with van der Waals surface area (Å²) in [5.41, 5.74) is 5.28. The van der Waals surface area contributed by atoms with Crippen LogP contribution < -0.4 is 5.73 Å². The minimum atomic E-state index is -0.524. The molecule has 1 aromatic carbocycles. The van der Waals surface area contributed by atoms with E-state index in [4.69, 9.17) is 5.73 Å². The molecule has 0 aliphatic carbocycles. The van der Waals surface area contributed by atoms with Crippen LogP contribution in [0, 0.1) is 5.82 Å². The fraction of sp³-hybridized carbons (Fsp3) is 0.200. The molecule has 5 heteroatoms. The van der Waals surface area contributed by atoms with E-state index in [1.165, 1.54) is 18.2 Å². The van der Waals surface area contributed by atoms with Crippen molar-refractivity contribution in [2.45, 2.75) is 12.8 Å². The van der Waals surface area contributed by atoms with Gasteiger partial charge in [-0.2, -0.15) is 0 Å². The topological polar surface area (TPSA) is 60.2 Å². The van der Waals surface area contributed by atoms with Gasteiger partial charge in [-0.1, -0.05) is 0 Å². The Morgan fingerprint density at radius 3 is 2.53 bits per heavy atom. The van der Waals surface area contributed by atoms with E-state index in [1.807, 2.05) is 0 Å². The van der Waals surface area contributed by atoms with Crippen LogP contribution in [0.4, 0.5) is 4.39 Å². The first-order valence-electron chi connectivity index (χ1n) is 4.27. The van der Waals surface area contributed by atoms with Crippen molar-refractivity contribution in [3.8, 4) is 0 Å². The fourth-order valence-corrected chi connectivity index (χ4v) is 1.43. The lowest BCUT2D eigenvalue weighted by molar-refractivity contribution is -0.118. The van der Waals surface area contributed by atoms with Crippen LogP contribution in [0.3, 0.4) is 0 Å². The average molecular weight is 274 g/mol. The summed E-state index contributed by atoms with van der Waals surface area (Å²) in [5.74, 6) is -1.18. The Bertz CT molecular complexity index is 406. The number of nitrogens with two attached hydrogens (primary N) is 1. The first-order valence-corrected chi connectivity index (χ1v) is 5.06. The van der Waals surface area contributed by atoms with Gasteiger partial charge in [-0.3, -0.25) is 9.59 Å². The molecule has 0 bridgehead atoms. The standard InChI is InChI=1S/C10H9BrFNO2/c11-7-5-6(1-2-8(7)12)9(14)3-4-10(13)15/h1-2,5H,3-4H2,(H2,13,15). The van der Waals surface area contributed by atoms with E-state index in [1.54, 1.807) is 0 Å². The quantitative estimate of drug-likeness (QED) is 0.854. The summed E-state index contributed by atoms with van der Waals surface area (Å²) < 4.78 is 13.1. The summed E-state index contributed by atoms with van der Waals surface area (Å²) in [5, 5.41) is 0. The second-order valence-corrected chi connectivity index (χ2v) is 3.87. The summed E-state index contributed by atoms with van der Waals surface area (Å²) in [6.07, 6.45) is 0.0568. The van der Waals surface area contributed by atoms with Crippen molar-refractivity contribution in [1.29, 1.82) is 0 Å². The number of Topliss-reactive ketones (excluding diaryl/α,β-unsaturated/α-hetero) is 1. The molecule has 0 unspecified atom stereocenters. The van der Waals surface area contributed by atoms with Gasteiger partial charge < -0.3 is 5.73 Å². The normalized spacial score (nSPS) is 10.0. The molecule has 2 N–H and O–H groups in total. The molecule has 0 fully saturated rings. The molecule has 0 atom stereocenters. The Kier molecular flexibility index (Phi) is 3.96. The van der Waals surface area contributed by atoms with Crippen LogP contribution in [0.25, 0.3) is 0 Å². The highest BCUT2D eigenvalue weighted by molar-refractivity contribution is 9.10. The molecule has 0 aromatic heterocycles. The van der Waals surface area contributed by atoms with Crippen LogP contribution in [-0.4, -0.2) is 11.7 Å². The number of amides is 1. The van der Waals surface area contributed by atoms with Crippen molar-refractivity contribution in [2.75, 3.05) is 0 Å². The van der Waals surface area contributed by atoms with E-state index in [0.29, 0.717) is 5.56 Å². The smallest absolute Gasteiger partial charge is 0.217 e. The first-order chi connectivity index (χ1) is 7.00. The van der Waals surface area contributed by atoms with Gasteiger partial charge in [0.2, 0.25) is 5.91 Å². The maximum Gasteiger partial charge on any atom is 0.217 e. The minimum Gasteiger partial charge on any atom is -0.370 e. The molecule has 3 nitrogen and oxygen atoms in total. The second-order valence-electron chi connectivity index (χ2n) is 3.02. The molecule has 0 aliphatic rings. The molecule has 0 aliphatic heterocycles. The zero-order chi connectivity index (χ0) is 11.4. The third-order valence-corrected chi connectivity index (χ3v) is 2.45. The van der Waals surface area contributed by atoms with Crippen LogP contribution in [0.1, 0.15) is 23.2 Å². The van der Waals surface area contributed by atoms with Gasteiger partial charge >= 0.3 is 0 Å². The zero-order valence-corrected chi connectivity index (χ0v) is 9.38. The van der Waals surface area contributed by atoms with Crippen LogP contribution in [0.5, 0.6) is 0 Å². The Hall–Kier alpha value is -1.23. The molecular formula is C10H9BrFNO2. The predicted octanol–water partition coefficient (Wildman–Crippen LogP) is 2.04. The molecule has 1 amide bonds. The van der Waals surface area contributed by atoms with E-state index in [-0.39, 0.29) is 23.1 Å². The lowest BCUT2D eigenvalue weighted by Crippen LogP contribution is -2.12. The molecule has 1 rings (SSSR count). The Balaban J connectivity index is 2.74. The van der Waals surface area contributed by atoms with Gasteiger partial charge in [-0.25, -0.2) is 4.39 Å². The van der Waals surface area contributed by atoms with E-state index < -0.39 is 11.7 Å². The van der Waals surface area contributed by atoms with Gasteiger partial charge in [0.25, 0.3) is 0 Å². The number of ketones is 1. The average Bonchev–Trinajstić information content (AvgIpc) is 2.18. The van der Waals surface area contributed by atoms with E-state index in [9.17, 15) is 14.0 Å². The molecule has 0 saturated heterocycles. The molecule has 80 valence electrons. The van der Waals surface area contributed by atoms with Crippen molar-refractivity contribution in [3.63, 3.8) is 0 Å². The van der Waals surface area contributed by atoms with E-state index in [0.717, 1.165) is 0 Å². The van der Waals surface area contributed by atoms with Crippen molar-refractivity contribution in [3.05, 3.63) is 34.1 Å². The summed E-state index contributed by atoms with van der Waals surface area (Å²) in [6, 6.07) is 3.96. The van der Waals surface area contributed by atoms with Crippen LogP contribution in [0.2, 0.25) is 0 Å². The van der Waals surface area contributed by atoms with E-state index in [2.05, 4.69) is 15.9 Å². The maximum absolute atomic E-state index is 12.8. The fourth-order valence-electron chi connectivity index (χ4n) is 1.05. The molecule has 0 spiro atoms. The Morgan fingerprint density at radius 1 is 1.33 bits per heavy atom. The van der Waals surface area contributed by atoms with Gasteiger partial charge in [0.15, 0.2) is 5.78 Å². The van der Waals surface area contributed by atoms with Gasteiger partial charge in [0, 0.05) is 18.4 Å². The molecule has 0 heterocycles. The van der Waals surface area contributed by atoms with Gasteiger partial charge in [-0.15, -0.1) is 0 Å². The first kappa shape index (κ1) is 11.8.